The van der Waals surface area contributed by atoms with Gasteiger partial charge in [0.15, 0.2) is 5.78 Å². The number of rotatable bonds is 10. The lowest BCUT2D eigenvalue weighted by Gasteiger charge is -2.43. The van der Waals surface area contributed by atoms with Gasteiger partial charge in [0.1, 0.15) is 0 Å². The summed E-state index contributed by atoms with van der Waals surface area (Å²) in [6.45, 7) is 11.0. The van der Waals surface area contributed by atoms with Gasteiger partial charge in [-0.1, -0.05) is 67.1 Å². The molecule has 0 atom stereocenters. The normalized spacial score (nSPS) is 16.6. The number of piperidine rings is 1. The predicted molar refractivity (Wildman–Crippen MR) is 127 cm³/mol. The zero-order chi connectivity index (χ0) is 21.8. The van der Waals surface area contributed by atoms with Gasteiger partial charge in [-0.3, -0.25) is 4.79 Å². The van der Waals surface area contributed by atoms with Crippen LogP contribution in [0, 0.1) is 12.3 Å². The molecule has 30 heavy (non-hydrogen) atoms. The highest BCUT2D eigenvalue weighted by molar-refractivity contribution is 6.00. The van der Waals surface area contributed by atoms with Gasteiger partial charge in [-0.15, -0.1) is 6.42 Å². The van der Waals surface area contributed by atoms with E-state index in [9.17, 15) is 4.79 Å². The molecule has 0 saturated carbocycles. The average Bonchev–Trinajstić information content (AvgIpc) is 2.78. The second-order valence-electron chi connectivity index (χ2n) is 7.66. The van der Waals surface area contributed by atoms with E-state index in [1.807, 2.05) is 19.1 Å². The third-order valence-electron chi connectivity index (χ3n) is 5.76. The number of carbonyl (C=O) groups is 1. The van der Waals surface area contributed by atoms with E-state index in [1.165, 1.54) is 5.56 Å². The Morgan fingerprint density at radius 2 is 1.97 bits per heavy atom. The third-order valence-corrected chi connectivity index (χ3v) is 5.76. The van der Waals surface area contributed by atoms with Crippen molar-refractivity contribution in [2.24, 2.45) is 0 Å². The molecule has 1 heterocycles. The fourth-order valence-electron chi connectivity index (χ4n) is 3.95. The molecule has 1 fully saturated rings. The molecule has 0 aliphatic carbocycles. The molecule has 0 radical (unpaired) electrons. The van der Waals surface area contributed by atoms with Gasteiger partial charge in [-0.05, 0) is 44.7 Å². The van der Waals surface area contributed by atoms with E-state index in [0.29, 0.717) is 12.0 Å². The summed E-state index contributed by atoms with van der Waals surface area (Å²) < 4.78 is 0. The van der Waals surface area contributed by atoms with E-state index in [4.69, 9.17) is 6.42 Å². The van der Waals surface area contributed by atoms with Crippen LogP contribution in [0.25, 0.3) is 0 Å². The van der Waals surface area contributed by atoms with Gasteiger partial charge < -0.3 is 10.2 Å². The van der Waals surface area contributed by atoms with Gasteiger partial charge in [-0.25, -0.2) is 0 Å². The first-order chi connectivity index (χ1) is 14.6. The van der Waals surface area contributed by atoms with Crippen molar-refractivity contribution in [3.63, 3.8) is 0 Å². The quantitative estimate of drug-likeness (QED) is 0.254. The minimum atomic E-state index is -0.0163. The van der Waals surface area contributed by atoms with Gasteiger partial charge in [-0.2, -0.15) is 0 Å². The SMILES string of the molecule is C#C/C(=C\C=C/C)C(=O)C/C=C/CC1(c2ccccc2)CCN(C(=C)NCC)CC1. The van der Waals surface area contributed by atoms with Gasteiger partial charge in [0.05, 0.1) is 11.4 Å². The molecule has 0 aromatic heterocycles. The van der Waals surface area contributed by atoms with Crippen LogP contribution >= 0.6 is 0 Å². The topological polar surface area (TPSA) is 32.3 Å². The highest BCUT2D eigenvalue weighted by Gasteiger charge is 2.35. The zero-order valence-electron chi connectivity index (χ0n) is 18.4. The molecule has 1 saturated heterocycles. The van der Waals surface area contributed by atoms with Gasteiger partial charge in [0, 0.05) is 31.5 Å². The largest absolute Gasteiger partial charge is 0.373 e. The van der Waals surface area contributed by atoms with E-state index in [0.717, 1.165) is 44.7 Å². The molecule has 3 heteroatoms. The lowest BCUT2D eigenvalue weighted by atomic mass is 9.70. The van der Waals surface area contributed by atoms with Crippen LogP contribution in [-0.4, -0.2) is 30.3 Å². The summed E-state index contributed by atoms with van der Waals surface area (Å²) in [5.41, 5.74) is 1.87. The Morgan fingerprint density at radius 1 is 1.27 bits per heavy atom. The van der Waals surface area contributed by atoms with Crippen LogP contribution in [0.2, 0.25) is 0 Å². The molecule has 1 N–H and O–H groups in total. The number of ketones is 1. The van der Waals surface area contributed by atoms with Crippen LogP contribution in [0.4, 0.5) is 0 Å². The number of likely N-dealkylation sites (tertiary alicyclic amines) is 1. The molecule has 0 bridgehead atoms. The van der Waals surface area contributed by atoms with E-state index >= 15 is 0 Å². The minimum absolute atomic E-state index is 0.0163. The van der Waals surface area contributed by atoms with E-state index in [1.54, 1.807) is 12.2 Å². The number of hydrogen-bond donors (Lipinski definition) is 1. The lowest BCUT2D eigenvalue weighted by Crippen LogP contribution is -2.44. The van der Waals surface area contributed by atoms with E-state index in [-0.39, 0.29) is 11.2 Å². The Hall–Kier alpha value is -2.99. The molecular weight excluding hydrogens is 368 g/mol. The summed E-state index contributed by atoms with van der Waals surface area (Å²) in [4.78, 5) is 14.7. The number of benzene rings is 1. The molecule has 0 unspecified atom stereocenters. The standard InChI is InChI=1S/C27H34N2O/c1-5-8-14-24(6-2)26(30)17-12-13-18-27(25-15-10-9-11-16-25)19-21-29(22-20-27)23(4)28-7-3/h2,5,8-16,28H,4,7,17-22H2,1,3H3/b8-5-,13-12+,24-14+. The van der Waals surface area contributed by atoms with Crippen LogP contribution in [0.15, 0.2) is 78.7 Å². The maximum absolute atomic E-state index is 12.3. The highest BCUT2D eigenvalue weighted by atomic mass is 16.1. The molecule has 3 nitrogen and oxygen atoms in total. The average molecular weight is 403 g/mol. The summed E-state index contributed by atoms with van der Waals surface area (Å²) in [5, 5.41) is 3.33. The van der Waals surface area contributed by atoms with Crippen LogP contribution < -0.4 is 5.32 Å². The molecule has 2 rings (SSSR count). The van der Waals surface area contributed by atoms with Crippen molar-refractivity contribution < 1.29 is 4.79 Å². The van der Waals surface area contributed by atoms with Gasteiger partial charge in [0.2, 0.25) is 0 Å². The number of Topliss-reactive ketones (excluding diaryl/α,β-unsaturated/α-hetero) is 1. The lowest BCUT2D eigenvalue weighted by molar-refractivity contribution is -0.114. The smallest absolute Gasteiger partial charge is 0.174 e. The summed E-state index contributed by atoms with van der Waals surface area (Å²) in [5.74, 6) is 3.49. The number of terminal acetylenes is 1. The maximum atomic E-state index is 12.3. The van der Waals surface area contributed by atoms with Crippen molar-refractivity contribution in [3.8, 4) is 12.3 Å². The summed E-state index contributed by atoms with van der Waals surface area (Å²) in [6.07, 6.45) is 18.3. The maximum Gasteiger partial charge on any atom is 0.174 e. The zero-order valence-corrected chi connectivity index (χ0v) is 18.4. The molecule has 1 aromatic carbocycles. The second-order valence-corrected chi connectivity index (χ2v) is 7.66. The Balaban J connectivity index is 2.07. The van der Waals surface area contributed by atoms with Crippen molar-refractivity contribution in [1.29, 1.82) is 0 Å². The summed E-state index contributed by atoms with van der Waals surface area (Å²) in [7, 11) is 0. The van der Waals surface area contributed by atoms with Crippen molar-refractivity contribution in [2.75, 3.05) is 19.6 Å². The van der Waals surface area contributed by atoms with Crippen LogP contribution in [0.3, 0.4) is 0 Å². The Labute approximate surface area is 182 Å². The van der Waals surface area contributed by atoms with Gasteiger partial charge >= 0.3 is 0 Å². The van der Waals surface area contributed by atoms with Crippen molar-refractivity contribution in [1.82, 2.24) is 10.2 Å². The molecule has 158 valence electrons. The molecule has 0 spiro atoms. The monoisotopic (exact) mass is 402 g/mol. The third kappa shape index (κ3) is 6.26. The summed E-state index contributed by atoms with van der Waals surface area (Å²) in [6, 6.07) is 10.7. The van der Waals surface area contributed by atoms with Crippen LogP contribution in [-0.2, 0) is 10.2 Å². The van der Waals surface area contributed by atoms with Crippen LogP contribution in [0.5, 0.6) is 0 Å². The number of hydrogen-bond acceptors (Lipinski definition) is 3. The molecule has 1 aliphatic heterocycles. The predicted octanol–water partition coefficient (Wildman–Crippen LogP) is 5.14. The van der Waals surface area contributed by atoms with Crippen molar-refractivity contribution >= 4 is 5.78 Å². The van der Waals surface area contributed by atoms with Crippen molar-refractivity contribution in [3.05, 3.63) is 84.2 Å². The number of allylic oxidation sites excluding steroid dienone is 6. The van der Waals surface area contributed by atoms with E-state index < -0.39 is 0 Å². The fraction of sp³-hybridized carbons (Fsp3) is 0.370. The molecule has 1 aliphatic rings. The summed E-state index contributed by atoms with van der Waals surface area (Å²) >= 11 is 0. The highest BCUT2D eigenvalue weighted by Crippen LogP contribution is 2.39. The molecular formula is C27H34N2O. The first-order valence-corrected chi connectivity index (χ1v) is 10.8. The number of nitrogens with zero attached hydrogens (tertiary/aromatic N) is 1. The Bertz CT molecular complexity index is 831. The second kappa shape index (κ2) is 11.9. The number of carbonyl (C=O) groups excluding carboxylic acids is 1. The van der Waals surface area contributed by atoms with Crippen LogP contribution in [0.1, 0.15) is 45.1 Å². The van der Waals surface area contributed by atoms with E-state index in [2.05, 4.69) is 66.0 Å². The Kier molecular flexibility index (Phi) is 9.22. The molecule has 1 aromatic rings. The Morgan fingerprint density at radius 3 is 2.57 bits per heavy atom. The first kappa shape index (κ1) is 23.3. The minimum Gasteiger partial charge on any atom is -0.373 e. The fourth-order valence-corrected chi connectivity index (χ4v) is 3.95. The molecule has 0 amide bonds. The van der Waals surface area contributed by atoms with Gasteiger partial charge in [0.25, 0.3) is 0 Å². The number of nitrogens with one attached hydrogen (secondary N) is 1. The van der Waals surface area contributed by atoms with Crippen molar-refractivity contribution in [2.45, 2.75) is 44.9 Å². The first-order valence-electron chi connectivity index (χ1n) is 10.8.